The average Bonchev–Trinajstić information content (AvgIpc) is 3.40. The Bertz CT molecular complexity index is 1420. The Morgan fingerprint density at radius 2 is 0.527 bits per heavy atom. The molecule has 0 amide bonds. The number of hydrogen-bond donors (Lipinski definition) is 0. The van der Waals surface area contributed by atoms with E-state index in [0.717, 1.165) is 109 Å². The van der Waals surface area contributed by atoms with Crippen LogP contribution in [0.25, 0.3) is 0 Å². The molecule has 0 spiro atoms. The fourth-order valence-electron chi connectivity index (χ4n) is 8.91. The highest BCUT2D eigenvalue weighted by Gasteiger charge is 2.19. The van der Waals surface area contributed by atoms with E-state index in [1.54, 1.807) is 0 Å². The standard InChI is InChI=1S/C68H118O6/c1-4-7-10-13-16-19-22-25-27-28-29-30-31-32-33-34-35-36-37-38-39-40-42-43-46-49-52-55-58-61-67(70)73-64-65(63-72-66(69)60-57-54-51-48-45-24-21-18-15-12-9-6-3)74-68(71)62-59-56-53-50-47-44-41-26-23-20-17-14-11-8-5-2/h7,10,16,19,25-27,29-30,32-33,35-36,41,65H,4-6,8-9,11-15,17-18,20-24,28,31,34,37-40,42-64H2,1-3H3/b10-7-,19-16-,27-25-,30-29-,33-32-,36-35-,41-26-. The van der Waals surface area contributed by atoms with E-state index in [0.29, 0.717) is 19.3 Å². The second-order valence-electron chi connectivity index (χ2n) is 20.9. The number of unbranched alkanes of at least 4 members (excludes halogenated alkanes) is 32. The van der Waals surface area contributed by atoms with E-state index in [1.807, 2.05) is 0 Å². The van der Waals surface area contributed by atoms with Crippen molar-refractivity contribution in [2.75, 3.05) is 13.2 Å². The molecule has 1 unspecified atom stereocenters. The molecule has 0 aliphatic rings. The molecule has 0 aromatic rings. The SMILES string of the molecule is CC/C=C\C/C=C\C/C=C\C/C=C\C/C=C\C/C=C\CCCCCCCCCCCCC(=O)OCC(COC(=O)CCCCCCCCCCCCCC)OC(=O)CCCCCCC/C=C\CCCCCCCC. The summed E-state index contributed by atoms with van der Waals surface area (Å²) in [5.74, 6) is -0.879. The van der Waals surface area contributed by atoms with E-state index >= 15 is 0 Å². The van der Waals surface area contributed by atoms with Gasteiger partial charge in [0.15, 0.2) is 6.10 Å². The average molecular weight is 1030 g/mol. The van der Waals surface area contributed by atoms with Gasteiger partial charge in [-0.3, -0.25) is 14.4 Å². The third kappa shape index (κ3) is 59.5. The summed E-state index contributed by atoms with van der Waals surface area (Å²) in [7, 11) is 0. The highest BCUT2D eigenvalue weighted by atomic mass is 16.6. The van der Waals surface area contributed by atoms with Crippen LogP contribution < -0.4 is 0 Å². The minimum atomic E-state index is -0.780. The first-order valence-corrected chi connectivity index (χ1v) is 31.6. The maximum atomic E-state index is 12.9. The van der Waals surface area contributed by atoms with Gasteiger partial charge < -0.3 is 14.2 Å². The van der Waals surface area contributed by atoms with Crippen LogP contribution in [0.15, 0.2) is 85.1 Å². The van der Waals surface area contributed by atoms with E-state index in [-0.39, 0.29) is 31.1 Å². The number of allylic oxidation sites excluding steroid dienone is 14. The summed E-state index contributed by atoms with van der Waals surface area (Å²) in [5, 5.41) is 0. The molecule has 0 aromatic heterocycles. The Balaban J connectivity index is 4.25. The van der Waals surface area contributed by atoms with Crippen LogP contribution in [0, 0.1) is 0 Å². The molecule has 0 N–H and O–H groups in total. The van der Waals surface area contributed by atoms with E-state index in [1.165, 1.54) is 161 Å². The first-order chi connectivity index (χ1) is 36.5. The normalized spacial score (nSPS) is 12.6. The minimum Gasteiger partial charge on any atom is -0.462 e. The van der Waals surface area contributed by atoms with Crippen molar-refractivity contribution in [2.24, 2.45) is 0 Å². The Morgan fingerprint density at radius 1 is 0.284 bits per heavy atom. The molecule has 0 radical (unpaired) electrons. The van der Waals surface area contributed by atoms with Gasteiger partial charge in [-0.15, -0.1) is 0 Å². The summed E-state index contributed by atoms with van der Waals surface area (Å²) >= 11 is 0. The molecular formula is C68H118O6. The van der Waals surface area contributed by atoms with Crippen molar-refractivity contribution < 1.29 is 28.6 Å². The van der Waals surface area contributed by atoms with Gasteiger partial charge in [-0.05, 0) is 96.3 Å². The lowest BCUT2D eigenvalue weighted by Gasteiger charge is -2.18. The molecule has 426 valence electrons. The molecule has 0 aliphatic heterocycles. The molecule has 0 fully saturated rings. The smallest absolute Gasteiger partial charge is 0.306 e. The summed E-state index contributed by atoms with van der Waals surface area (Å²) in [6.07, 6.45) is 81.6. The van der Waals surface area contributed by atoms with E-state index < -0.39 is 6.10 Å². The highest BCUT2D eigenvalue weighted by Crippen LogP contribution is 2.16. The van der Waals surface area contributed by atoms with Crippen LogP contribution in [0.5, 0.6) is 0 Å². The second-order valence-corrected chi connectivity index (χ2v) is 20.9. The third-order valence-electron chi connectivity index (χ3n) is 13.6. The van der Waals surface area contributed by atoms with Crippen molar-refractivity contribution >= 4 is 17.9 Å². The minimum absolute atomic E-state index is 0.0774. The number of esters is 3. The van der Waals surface area contributed by atoms with Gasteiger partial charge in [0.1, 0.15) is 13.2 Å². The van der Waals surface area contributed by atoms with Crippen LogP contribution in [0.1, 0.15) is 310 Å². The zero-order chi connectivity index (χ0) is 53.6. The molecule has 1 atom stereocenters. The topological polar surface area (TPSA) is 78.9 Å². The maximum Gasteiger partial charge on any atom is 0.306 e. The van der Waals surface area contributed by atoms with Gasteiger partial charge in [-0.1, -0.05) is 279 Å². The third-order valence-corrected chi connectivity index (χ3v) is 13.6. The summed E-state index contributed by atoms with van der Waals surface area (Å²) in [6, 6.07) is 0. The van der Waals surface area contributed by atoms with E-state index in [2.05, 4.69) is 106 Å². The lowest BCUT2D eigenvalue weighted by Crippen LogP contribution is -2.30. The first-order valence-electron chi connectivity index (χ1n) is 31.6. The largest absolute Gasteiger partial charge is 0.462 e. The molecule has 6 nitrogen and oxygen atoms in total. The van der Waals surface area contributed by atoms with Crippen molar-refractivity contribution in [1.29, 1.82) is 0 Å². The van der Waals surface area contributed by atoms with Crippen LogP contribution in [0.4, 0.5) is 0 Å². The summed E-state index contributed by atoms with van der Waals surface area (Å²) in [5.41, 5.74) is 0. The van der Waals surface area contributed by atoms with Crippen molar-refractivity contribution in [3.63, 3.8) is 0 Å². The lowest BCUT2D eigenvalue weighted by molar-refractivity contribution is -0.167. The van der Waals surface area contributed by atoms with Crippen LogP contribution in [0.2, 0.25) is 0 Å². The number of hydrogen-bond acceptors (Lipinski definition) is 6. The van der Waals surface area contributed by atoms with E-state index in [4.69, 9.17) is 14.2 Å². The van der Waals surface area contributed by atoms with Gasteiger partial charge in [-0.2, -0.15) is 0 Å². The lowest BCUT2D eigenvalue weighted by atomic mass is 10.0. The van der Waals surface area contributed by atoms with Crippen LogP contribution in [-0.2, 0) is 28.6 Å². The molecule has 74 heavy (non-hydrogen) atoms. The summed E-state index contributed by atoms with van der Waals surface area (Å²) in [6.45, 7) is 6.53. The first kappa shape index (κ1) is 70.6. The molecule has 0 bridgehead atoms. The molecule has 0 saturated heterocycles. The molecule has 6 heteroatoms. The van der Waals surface area contributed by atoms with Crippen molar-refractivity contribution in [3.05, 3.63) is 85.1 Å². The summed E-state index contributed by atoms with van der Waals surface area (Å²) < 4.78 is 16.9. The van der Waals surface area contributed by atoms with Gasteiger partial charge in [0, 0.05) is 19.3 Å². The Hall–Kier alpha value is -3.41. The van der Waals surface area contributed by atoms with Gasteiger partial charge in [0.2, 0.25) is 0 Å². The fraction of sp³-hybridized carbons (Fsp3) is 0.750. The maximum absolute atomic E-state index is 12.9. The molecular weight excluding hydrogens is 913 g/mol. The number of rotatable bonds is 57. The van der Waals surface area contributed by atoms with Crippen molar-refractivity contribution in [1.82, 2.24) is 0 Å². The Kier molecular flexibility index (Phi) is 59.3. The van der Waals surface area contributed by atoms with Crippen LogP contribution in [-0.4, -0.2) is 37.2 Å². The quantitative estimate of drug-likeness (QED) is 0.0261. The van der Waals surface area contributed by atoms with Crippen LogP contribution >= 0.6 is 0 Å². The highest BCUT2D eigenvalue weighted by molar-refractivity contribution is 5.71. The van der Waals surface area contributed by atoms with Gasteiger partial charge >= 0.3 is 17.9 Å². The molecule has 0 saturated carbocycles. The van der Waals surface area contributed by atoms with Crippen molar-refractivity contribution in [2.45, 2.75) is 316 Å². The van der Waals surface area contributed by atoms with Crippen molar-refractivity contribution in [3.8, 4) is 0 Å². The van der Waals surface area contributed by atoms with Gasteiger partial charge in [0.05, 0.1) is 0 Å². The van der Waals surface area contributed by atoms with Gasteiger partial charge in [-0.25, -0.2) is 0 Å². The van der Waals surface area contributed by atoms with Crippen LogP contribution in [0.3, 0.4) is 0 Å². The second kappa shape index (κ2) is 62.1. The number of ether oxygens (including phenoxy) is 3. The number of carbonyl (C=O) groups excluding carboxylic acids is 3. The fourth-order valence-corrected chi connectivity index (χ4v) is 8.91. The molecule has 0 rings (SSSR count). The van der Waals surface area contributed by atoms with E-state index in [9.17, 15) is 14.4 Å². The Labute approximate surface area is 458 Å². The molecule has 0 aliphatic carbocycles. The molecule has 0 heterocycles. The Morgan fingerprint density at radius 3 is 0.838 bits per heavy atom. The zero-order valence-electron chi connectivity index (χ0n) is 48.8. The van der Waals surface area contributed by atoms with Gasteiger partial charge in [0.25, 0.3) is 0 Å². The molecule has 0 aromatic carbocycles. The number of carbonyl (C=O) groups is 3. The predicted molar refractivity (Wildman–Crippen MR) is 321 cm³/mol. The monoisotopic (exact) mass is 1030 g/mol. The summed E-state index contributed by atoms with van der Waals surface area (Å²) in [4.78, 5) is 38.2. The zero-order valence-corrected chi connectivity index (χ0v) is 48.8. The predicted octanol–water partition coefficient (Wildman–Crippen LogP) is 21.5.